The van der Waals surface area contributed by atoms with Crippen LogP contribution in [0.1, 0.15) is 80.8 Å². The second-order valence-electron chi connectivity index (χ2n) is 6.90. The Labute approximate surface area is 177 Å². The van der Waals surface area contributed by atoms with Crippen LogP contribution in [0.25, 0.3) is 11.4 Å². The first kappa shape index (κ1) is 22.6. The summed E-state index contributed by atoms with van der Waals surface area (Å²) in [6.45, 7) is 4.34. The van der Waals surface area contributed by atoms with Crippen molar-refractivity contribution in [1.82, 2.24) is 9.97 Å². The molecule has 2 rings (SSSR count). The lowest BCUT2D eigenvalue weighted by molar-refractivity contribution is 0.0591. The number of unbranched alkanes of at least 4 members (excludes halogenated alkanes) is 4. The minimum atomic E-state index is -0.457. The number of methoxy groups -OCH3 is 1. The van der Waals surface area contributed by atoms with Gasteiger partial charge in [0.2, 0.25) is 0 Å². The first-order chi connectivity index (χ1) is 13.5. The van der Waals surface area contributed by atoms with Crippen LogP contribution in [-0.4, -0.2) is 23.0 Å². The van der Waals surface area contributed by atoms with Crippen LogP contribution in [0.15, 0.2) is 24.4 Å². The summed E-state index contributed by atoms with van der Waals surface area (Å²) in [7, 11) is 1.37. The van der Waals surface area contributed by atoms with Crippen molar-refractivity contribution in [2.75, 3.05) is 7.11 Å². The second-order valence-corrected chi connectivity index (χ2v) is 7.68. The Bertz CT molecular complexity index is 796. The van der Waals surface area contributed by atoms with Gasteiger partial charge in [0.15, 0.2) is 11.5 Å². The number of esters is 1. The highest BCUT2D eigenvalue weighted by Crippen LogP contribution is 2.34. The number of ether oxygens (including phenoxy) is 1. The van der Waals surface area contributed by atoms with Gasteiger partial charge in [-0.25, -0.2) is 14.8 Å². The summed E-state index contributed by atoms with van der Waals surface area (Å²) in [6.07, 6.45) is 9.73. The molecule has 0 radical (unpaired) electrons. The Morgan fingerprint density at radius 2 is 1.89 bits per heavy atom. The molecule has 6 heteroatoms. The predicted octanol–water partition coefficient (Wildman–Crippen LogP) is 7.09. The molecule has 0 fully saturated rings. The number of carbonyl (C=O) groups is 1. The highest BCUT2D eigenvalue weighted by Gasteiger charge is 2.23. The van der Waals surface area contributed by atoms with Gasteiger partial charge in [-0.2, -0.15) is 0 Å². The van der Waals surface area contributed by atoms with Gasteiger partial charge in [0.1, 0.15) is 0 Å². The molecule has 1 aromatic carbocycles. The van der Waals surface area contributed by atoms with Gasteiger partial charge in [-0.15, -0.1) is 0 Å². The van der Waals surface area contributed by atoms with Crippen LogP contribution in [0, 0.1) is 0 Å². The topological polar surface area (TPSA) is 52.1 Å². The summed E-state index contributed by atoms with van der Waals surface area (Å²) in [5, 5.41) is 0.792. The van der Waals surface area contributed by atoms with Gasteiger partial charge in [-0.05, 0) is 30.9 Å². The summed E-state index contributed by atoms with van der Waals surface area (Å²) in [5.74, 6) is 0.135. The van der Waals surface area contributed by atoms with E-state index in [1.807, 2.05) is 0 Å². The van der Waals surface area contributed by atoms with Crippen LogP contribution in [0.2, 0.25) is 10.0 Å². The van der Waals surface area contributed by atoms with Gasteiger partial charge >= 0.3 is 5.97 Å². The van der Waals surface area contributed by atoms with Crippen molar-refractivity contribution in [1.29, 1.82) is 0 Å². The van der Waals surface area contributed by atoms with Crippen LogP contribution >= 0.6 is 23.2 Å². The minimum absolute atomic E-state index is 0.222. The second kappa shape index (κ2) is 11.4. The standard InChI is InChI=1S/C22H28Cl2N2O2/c1-4-6-7-8-9-11-15(5-2)17-14-25-21(26-20(17)22(27)28-3)16-12-10-13-18(23)19(16)24/h10,12-15H,4-9,11H2,1-3H3. The number of hydrogen-bond acceptors (Lipinski definition) is 4. The lowest BCUT2D eigenvalue weighted by Gasteiger charge is -2.18. The van der Waals surface area contributed by atoms with Crippen molar-refractivity contribution < 1.29 is 9.53 Å². The quantitative estimate of drug-likeness (QED) is 0.302. The van der Waals surface area contributed by atoms with Crippen LogP contribution in [0.5, 0.6) is 0 Å². The zero-order valence-corrected chi connectivity index (χ0v) is 18.3. The number of rotatable bonds is 10. The molecule has 28 heavy (non-hydrogen) atoms. The minimum Gasteiger partial charge on any atom is -0.464 e. The molecule has 0 aliphatic heterocycles. The maximum Gasteiger partial charge on any atom is 0.357 e. The summed E-state index contributed by atoms with van der Waals surface area (Å²) in [5.41, 5.74) is 1.74. The molecule has 0 spiro atoms. The van der Waals surface area contributed by atoms with E-state index in [2.05, 4.69) is 23.8 Å². The van der Waals surface area contributed by atoms with Gasteiger partial charge in [0.25, 0.3) is 0 Å². The average Bonchev–Trinajstić information content (AvgIpc) is 2.72. The maximum atomic E-state index is 12.4. The Kier molecular flexibility index (Phi) is 9.20. The molecule has 1 atom stereocenters. The van der Waals surface area contributed by atoms with Gasteiger partial charge in [0.05, 0.1) is 17.2 Å². The first-order valence-electron chi connectivity index (χ1n) is 9.93. The van der Waals surface area contributed by atoms with E-state index >= 15 is 0 Å². The zero-order chi connectivity index (χ0) is 20.5. The smallest absolute Gasteiger partial charge is 0.357 e. The van der Waals surface area contributed by atoms with Crippen LogP contribution in [-0.2, 0) is 4.74 Å². The highest BCUT2D eigenvalue weighted by molar-refractivity contribution is 6.43. The third-order valence-corrected chi connectivity index (χ3v) is 5.80. The van der Waals surface area contributed by atoms with E-state index in [0.717, 1.165) is 24.8 Å². The lowest BCUT2D eigenvalue weighted by atomic mass is 9.90. The van der Waals surface area contributed by atoms with Crippen LogP contribution < -0.4 is 0 Å². The first-order valence-corrected chi connectivity index (χ1v) is 10.7. The van der Waals surface area contributed by atoms with Crippen molar-refractivity contribution >= 4 is 29.2 Å². The molecule has 1 heterocycles. The maximum absolute atomic E-state index is 12.4. The Morgan fingerprint density at radius 1 is 1.14 bits per heavy atom. The summed E-state index contributed by atoms with van der Waals surface area (Å²) in [6, 6.07) is 5.27. The number of carbonyl (C=O) groups excluding carboxylic acids is 1. The summed E-state index contributed by atoms with van der Waals surface area (Å²) in [4.78, 5) is 21.4. The molecule has 0 amide bonds. The molecule has 0 saturated carbocycles. The molecule has 4 nitrogen and oxygen atoms in total. The van der Waals surface area contributed by atoms with Crippen LogP contribution in [0.4, 0.5) is 0 Å². The van der Waals surface area contributed by atoms with Crippen molar-refractivity contribution in [2.24, 2.45) is 0 Å². The highest BCUT2D eigenvalue weighted by atomic mass is 35.5. The van der Waals surface area contributed by atoms with Crippen molar-refractivity contribution in [3.63, 3.8) is 0 Å². The molecular weight excluding hydrogens is 395 g/mol. The third kappa shape index (κ3) is 5.68. The van der Waals surface area contributed by atoms with E-state index in [-0.39, 0.29) is 5.92 Å². The molecule has 0 aliphatic rings. The fourth-order valence-corrected chi connectivity index (χ4v) is 3.72. The fraction of sp³-hybridized carbons (Fsp3) is 0.500. The zero-order valence-electron chi connectivity index (χ0n) is 16.8. The van der Waals surface area contributed by atoms with Crippen molar-refractivity contribution in [3.8, 4) is 11.4 Å². The predicted molar refractivity (Wildman–Crippen MR) is 115 cm³/mol. The van der Waals surface area contributed by atoms with E-state index in [0.29, 0.717) is 27.1 Å². The SMILES string of the molecule is CCCCCCCC(CC)c1cnc(-c2cccc(Cl)c2Cl)nc1C(=O)OC. The molecule has 1 aromatic heterocycles. The Hall–Kier alpha value is -1.65. The number of benzene rings is 1. The largest absolute Gasteiger partial charge is 0.464 e. The van der Waals surface area contributed by atoms with E-state index in [1.54, 1.807) is 24.4 Å². The fourth-order valence-electron chi connectivity index (χ4n) is 3.33. The summed E-state index contributed by atoms with van der Waals surface area (Å²) >= 11 is 12.4. The van der Waals surface area contributed by atoms with E-state index in [4.69, 9.17) is 27.9 Å². The third-order valence-electron chi connectivity index (χ3n) is 4.98. The van der Waals surface area contributed by atoms with Gasteiger partial charge in [-0.1, -0.05) is 75.2 Å². The molecule has 0 saturated heterocycles. The van der Waals surface area contributed by atoms with Gasteiger partial charge in [-0.3, -0.25) is 0 Å². The number of aromatic nitrogens is 2. The lowest BCUT2D eigenvalue weighted by Crippen LogP contribution is -2.13. The van der Waals surface area contributed by atoms with Gasteiger partial charge < -0.3 is 4.74 Å². The summed E-state index contributed by atoms with van der Waals surface area (Å²) < 4.78 is 4.99. The Balaban J connectivity index is 2.33. The number of hydrogen-bond donors (Lipinski definition) is 0. The molecule has 0 bridgehead atoms. The normalized spacial score (nSPS) is 12.0. The molecule has 2 aromatic rings. The number of nitrogens with zero attached hydrogens (tertiary/aromatic N) is 2. The van der Waals surface area contributed by atoms with Crippen molar-refractivity contribution in [3.05, 3.63) is 45.7 Å². The number of halogens is 2. The van der Waals surface area contributed by atoms with Gasteiger partial charge in [0, 0.05) is 17.3 Å². The average molecular weight is 423 g/mol. The molecule has 0 aliphatic carbocycles. The van der Waals surface area contributed by atoms with Crippen molar-refractivity contribution in [2.45, 2.75) is 64.7 Å². The Morgan fingerprint density at radius 3 is 2.57 bits per heavy atom. The molecule has 0 N–H and O–H groups in total. The molecule has 1 unspecified atom stereocenters. The monoisotopic (exact) mass is 422 g/mol. The van der Waals surface area contributed by atoms with E-state index < -0.39 is 5.97 Å². The molecular formula is C22H28Cl2N2O2. The van der Waals surface area contributed by atoms with E-state index in [9.17, 15) is 4.79 Å². The molecule has 152 valence electrons. The van der Waals surface area contributed by atoms with E-state index in [1.165, 1.54) is 32.8 Å². The van der Waals surface area contributed by atoms with Crippen LogP contribution in [0.3, 0.4) is 0 Å².